The minimum Gasteiger partial charge on any atom is -0.493 e. The third-order valence-electron chi connectivity index (χ3n) is 8.30. The number of hydrogen-bond acceptors (Lipinski definition) is 6. The second kappa shape index (κ2) is 12.1. The standard InChI is InChI=1S/C35H35N3O5/c1-23-33(43-35(40)36-26-14-5-4-6-15-26)32(37-21-11-13-24-12-7-9-17-28(24)37)27-16-8-10-18-29(27)38(23)34(39)25-19-20-30(41-2)31(22-25)42-3/h4-10,12,14-20,22-23,32-33H,11,13,21H2,1-3H3,(H,36,40). The third kappa shape index (κ3) is 5.36. The van der Waals surface area contributed by atoms with Crippen molar-refractivity contribution >= 4 is 29.1 Å². The van der Waals surface area contributed by atoms with Crippen LogP contribution in [0.5, 0.6) is 11.5 Å². The molecule has 0 saturated heterocycles. The number of methoxy groups -OCH3 is 2. The van der Waals surface area contributed by atoms with Crippen LogP contribution in [0.15, 0.2) is 97.1 Å². The highest BCUT2D eigenvalue weighted by Gasteiger charge is 2.47. The largest absolute Gasteiger partial charge is 0.493 e. The van der Waals surface area contributed by atoms with Crippen molar-refractivity contribution in [3.05, 3.63) is 114 Å². The van der Waals surface area contributed by atoms with Crippen LogP contribution in [-0.4, -0.2) is 44.9 Å². The molecule has 0 bridgehead atoms. The summed E-state index contributed by atoms with van der Waals surface area (Å²) in [5, 5.41) is 2.87. The molecule has 220 valence electrons. The van der Waals surface area contributed by atoms with Gasteiger partial charge in [0.2, 0.25) is 0 Å². The van der Waals surface area contributed by atoms with Gasteiger partial charge in [0.05, 0.1) is 26.3 Å². The zero-order valence-corrected chi connectivity index (χ0v) is 24.5. The van der Waals surface area contributed by atoms with Gasteiger partial charge in [0.15, 0.2) is 11.5 Å². The van der Waals surface area contributed by atoms with Crippen LogP contribution in [-0.2, 0) is 11.2 Å². The minimum absolute atomic E-state index is 0.226. The summed E-state index contributed by atoms with van der Waals surface area (Å²) in [7, 11) is 3.10. The number of nitrogens with one attached hydrogen (secondary N) is 1. The van der Waals surface area contributed by atoms with Gasteiger partial charge in [-0.2, -0.15) is 0 Å². The van der Waals surface area contributed by atoms with E-state index >= 15 is 0 Å². The summed E-state index contributed by atoms with van der Waals surface area (Å²) in [6, 6.07) is 29.8. The van der Waals surface area contributed by atoms with Gasteiger partial charge in [-0.15, -0.1) is 0 Å². The molecule has 0 saturated carbocycles. The third-order valence-corrected chi connectivity index (χ3v) is 8.30. The molecule has 4 aromatic rings. The van der Waals surface area contributed by atoms with Gasteiger partial charge in [-0.05, 0) is 67.8 Å². The molecule has 1 N–H and O–H groups in total. The van der Waals surface area contributed by atoms with Gasteiger partial charge in [0.1, 0.15) is 6.10 Å². The summed E-state index contributed by atoms with van der Waals surface area (Å²) in [4.78, 5) is 31.8. The normalized spacial score (nSPS) is 19.1. The molecule has 0 radical (unpaired) electrons. The first-order valence-electron chi connectivity index (χ1n) is 14.5. The van der Waals surface area contributed by atoms with Crippen molar-refractivity contribution in [3.8, 4) is 11.5 Å². The zero-order valence-electron chi connectivity index (χ0n) is 24.5. The number of aryl methyl sites for hydroxylation is 1. The number of carbonyl (C=O) groups is 2. The summed E-state index contributed by atoms with van der Waals surface area (Å²) >= 11 is 0. The number of carbonyl (C=O) groups excluding carboxylic acids is 2. The molecule has 2 aliphatic rings. The van der Waals surface area contributed by atoms with E-state index in [9.17, 15) is 9.59 Å². The van der Waals surface area contributed by atoms with E-state index in [4.69, 9.17) is 14.2 Å². The lowest BCUT2D eigenvalue weighted by atomic mass is 9.85. The molecule has 8 heteroatoms. The minimum atomic E-state index is -0.686. The van der Waals surface area contributed by atoms with Crippen molar-refractivity contribution in [3.63, 3.8) is 0 Å². The Hall–Kier alpha value is -4.98. The van der Waals surface area contributed by atoms with Crippen LogP contribution < -0.4 is 24.6 Å². The van der Waals surface area contributed by atoms with E-state index in [2.05, 4.69) is 28.4 Å². The van der Waals surface area contributed by atoms with Gasteiger partial charge < -0.3 is 24.0 Å². The summed E-state index contributed by atoms with van der Waals surface area (Å²) in [5.41, 5.74) is 5.16. The number of fused-ring (bicyclic) bond motifs is 2. The predicted molar refractivity (Wildman–Crippen MR) is 167 cm³/mol. The van der Waals surface area contributed by atoms with Crippen molar-refractivity contribution in [2.24, 2.45) is 0 Å². The van der Waals surface area contributed by atoms with Crippen LogP contribution in [0, 0.1) is 0 Å². The molecule has 2 heterocycles. The van der Waals surface area contributed by atoms with Crippen LogP contribution in [0.25, 0.3) is 0 Å². The van der Waals surface area contributed by atoms with Gasteiger partial charge in [-0.25, -0.2) is 4.79 Å². The molecule has 0 aliphatic carbocycles. The number of nitrogens with zero attached hydrogens (tertiary/aromatic N) is 2. The summed E-state index contributed by atoms with van der Waals surface area (Å²) in [6.07, 6.45) is 0.701. The number of hydrogen-bond donors (Lipinski definition) is 1. The average Bonchev–Trinajstić information content (AvgIpc) is 3.05. The molecular weight excluding hydrogens is 542 g/mol. The maximum atomic E-state index is 14.3. The highest BCUT2D eigenvalue weighted by atomic mass is 16.6. The van der Waals surface area contributed by atoms with Crippen molar-refractivity contribution in [2.75, 3.05) is 35.9 Å². The first kappa shape index (κ1) is 28.2. The Bertz CT molecular complexity index is 1630. The van der Waals surface area contributed by atoms with E-state index in [-0.39, 0.29) is 11.9 Å². The van der Waals surface area contributed by atoms with Gasteiger partial charge in [0, 0.05) is 34.7 Å². The van der Waals surface area contributed by atoms with Crippen molar-refractivity contribution in [1.82, 2.24) is 0 Å². The maximum Gasteiger partial charge on any atom is 0.412 e. The molecule has 2 aliphatic heterocycles. The number of benzene rings is 4. The molecule has 0 aromatic heterocycles. The quantitative estimate of drug-likeness (QED) is 0.270. The Kier molecular flexibility index (Phi) is 7.92. The highest BCUT2D eigenvalue weighted by molar-refractivity contribution is 6.08. The zero-order chi connectivity index (χ0) is 29.9. The fourth-order valence-electron chi connectivity index (χ4n) is 6.32. The fraction of sp³-hybridized carbons (Fsp3) is 0.257. The van der Waals surface area contributed by atoms with Crippen molar-refractivity contribution in [1.29, 1.82) is 0 Å². The molecule has 8 nitrogen and oxygen atoms in total. The van der Waals surface area contributed by atoms with Gasteiger partial charge in [-0.1, -0.05) is 54.6 Å². The van der Waals surface area contributed by atoms with E-state index in [0.717, 1.165) is 36.3 Å². The van der Waals surface area contributed by atoms with E-state index < -0.39 is 18.2 Å². The van der Waals surface area contributed by atoms with Crippen molar-refractivity contribution < 1.29 is 23.8 Å². The SMILES string of the molecule is COc1ccc(C(=O)N2c3ccccc3C(N3CCCc4ccccc43)C(OC(=O)Nc3ccccc3)C2C)cc1OC. The van der Waals surface area contributed by atoms with Gasteiger partial charge >= 0.3 is 6.09 Å². The lowest BCUT2D eigenvalue weighted by Crippen LogP contribution is -2.57. The molecule has 3 unspecified atom stereocenters. The Labute approximate surface area is 251 Å². The van der Waals surface area contributed by atoms with E-state index in [0.29, 0.717) is 22.7 Å². The molecular formula is C35H35N3O5. The number of para-hydroxylation sites is 3. The van der Waals surface area contributed by atoms with Crippen LogP contribution in [0.1, 0.15) is 40.9 Å². The second-order valence-corrected chi connectivity index (χ2v) is 10.8. The molecule has 6 rings (SSSR count). The van der Waals surface area contributed by atoms with E-state index in [1.54, 1.807) is 37.3 Å². The number of ether oxygens (including phenoxy) is 3. The molecule has 0 fully saturated rings. The fourth-order valence-corrected chi connectivity index (χ4v) is 6.32. The Balaban J connectivity index is 1.44. The molecule has 2 amide bonds. The molecule has 3 atom stereocenters. The first-order valence-corrected chi connectivity index (χ1v) is 14.5. The number of rotatable bonds is 6. The predicted octanol–water partition coefficient (Wildman–Crippen LogP) is 6.86. The molecule has 4 aromatic carbocycles. The maximum absolute atomic E-state index is 14.3. The monoisotopic (exact) mass is 577 g/mol. The van der Waals surface area contributed by atoms with Crippen LogP contribution in [0.3, 0.4) is 0 Å². The number of anilines is 3. The average molecular weight is 578 g/mol. The van der Waals surface area contributed by atoms with Crippen LogP contribution in [0.2, 0.25) is 0 Å². The molecule has 0 spiro atoms. The smallest absolute Gasteiger partial charge is 0.412 e. The van der Waals surface area contributed by atoms with Crippen LogP contribution >= 0.6 is 0 Å². The lowest BCUT2D eigenvalue weighted by Gasteiger charge is -2.49. The van der Waals surface area contributed by atoms with Crippen molar-refractivity contribution in [2.45, 2.75) is 38.0 Å². The first-order chi connectivity index (χ1) is 21.0. The Morgan fingerprint density at radius 2 is 1.51 bits per heavy atom. The van der Waals surface area contributed by atoms with Gasteiger partial charge in [0.25, 0.3) is 5.91 Å². The Morgan fingerprint density at radius 1 is 0.814 bits per heavy atom. The van der Waals surface area contributed by atoms with E-state index in [1.807, 2.05) is 67.6 Å². The topological polar surface area (TPSA) is 80.3 Å². The summed E-state index contributed by atoms with van der Waals surface area (Å²) < 4.78 is 17.2. The number of amides is 2. The highest BCUT2D eigenvalue weighted by Crippen LogP contribution is 2.46. The van der Waals surface area contributed by atoms with Gasteiger partial charge in [-0.3, -0.25) is 10.1 Å². The second-order valence-electron chi connectivity index (χ2n) is 10.8. The lowest BCUT2D eigenvalue weighted by molar-refractivity contribution is 0.0656. The summed E-state index contributed by atoms with van der Waals surface area (Å²) in [5.74, 6) is 0.772. The summed E-state index contributed by atoms with van der Waals surface area (Å²) in [6.45, 7) is 2.74. The van der Waals surface area contributed by atoms with Crippen LogP contribution in [0.4, 0.5) is 21.9 Å². The van der Waals surface area contributed by atoms with E-state index in [1.165, 1.54) is 5.56 Å². The molecule has 43 heavy (non-hydrogen) atoms. The Morgan fingerprint density at radius 3 is 2.28 bits per heavy atom.